The minimum Gasteiger partial charge on any atom is -0.457 e. The molecule has 1 atom stereocenters. The first-order valence-electron chi connectivity index (χ1n) is 8.91. The van der Waals surface area contributed by atoms with E-state index in [4.69, 9.17) is 21.0 Å². The number of nitrogens with zero attached hydrogens (tertiary/aromatic N) is 3. The molecule has 0 saturated carbocycles. The van der Waals surface area contributed by atoms with Crippen molar-refractivity contribution in [1.29, 1.82) is 0 Å². The van der Waals surface area contributed by atoms with Crippen LogP contribution in [0, 0.1) is 0 Å². The number of nitrogens with one attached hydrogen (secondary N) is 1. The number of carbonyl (C=O) groups excluding carboxylic acids is 1. The Hall–Kier alpha value is -3.03. The smallest absolute Gasteiger partial charge is 0.276 e. The third kappa shape index (κ3) is 3.03. The summed E-state index contributed by atoms with van der Waals surface area (Å²) < 4.78 is 6.12. The van der Waals surface area contributed by atoms with Gasteiger partial charge in [-0.3, -0.25) is 10.1 Å². The Morgan fingerprint density at radius 1 is 1.10 bits per heavy atom. The molecule has 3 aromatic rings. The zero-order chi connectivity index (χ0) is 20.0. The van der Waals surface area contributed by atoms with Crippen LogP contribution in [0.15, 0.2) is 75.2 Å². The van der Waals surface area contributed by atoms with Crippen molar-refractivity contribution in [3.05, 3.63) is 82.0 Å². The Bertz CT molecular complexity index is 1280. The van der Waals surface area contributed by atoms with Gasteiger partial charge in [-0.25, -0.2) is 10.0 Å². The minimum atomic E-state index is -0.593. The lowest BCUT2D eigenvalue weighted by atomic mass is 10.1. The lowest BCUT2D eigenvalue weighted by Crippen LogP contribution is -2.50. The highest BCUT2D eigenvalue weighted by Gasteiger charge is 2.35. The molecule has 5 rings (SSSR count). The molecule has 1 amide bonds. The Morgan fingerprint density at radius 2 is 1.90 bits per heavy atom. The van der Waals surface area contributed by atoms with Gasteiger partial charge in [0.2, 0.25) is 6.17 Å². The van der Waals surface area contributed by atoms with E-state index < -0.39 is 6.17 Å². The van der Waals surface area contributed by atoms with Gasteiger partial charge in [0.1, 0.15) is 11.5 Å². The van der Waals surface area contributed by atoms with Gasteiger partial charge in [-0.1, -0.05) is 53.7 Å². The topological polar surface area (TPSA) is 70.2 Å². The summed E-state index contributed by atoms with van der Waals surface area (Å²) in [6.45, 7) is 0. The van der Waals surface area contributed by atoms with Crippen LogP contribution in [-0.2, 0) is 4.79 Å². The molecular formula is C21H15ClN4O2S. The van der Waals surface area contributed by atoms with Gasteiger partial charge in [-0.05, 0) is 36.6 Å². The second-order valence-corrected chi connectivity index (χ2v) is 7.66. The van der Waals surface area contributed by atoms with Crippen LogP contribution in [0.5, 0.6) is 0 Å². The van der Waals surface area contributed by atoms with Gasteiger partial charge < -0.3 is 4.42 Å². The summed E-state index contributed by atoms with van der Waals surface area (Å²) >= 11 is 7.67. The molecule has 3 heterocycles. The normalized spacial score (nSPS) is 17.8. The molecule has 0 radical (unpaired) electrons. The average molecular weight is 423 g/mol. The van der Waals surface area contributed by atoms with E-state index in [0.29, 0.717) is 27.4 Å². The maximum Gasteiger partial charge on any atom is 0.276 e. The molecule has 0 bridgehead atoms. The molecule has 1 aromatic heterocycles. The molecule has 144 valence electrons. The molecule has 29 heavy (non-hydrogen) atoms. The van der Waals surface area contributed by atoms with E-state index in [1.165, 1.54) is 11.8 Å². The summed E-state index contributed by atoms with van der Waals surface area (Å²) in [5.74, 6) is 0.997. The SMILES string of the molecule is CSC1=NN2C(=c3ccccc3=N[C@H]2c2ccc(-c3ccccc3Cl)o2)C(=O)N1. The van der Waals surface area contributed by atoms with Crippen LogP contribution in [0.1, 0.15) is 11.9 Å². The standard InChI is InChI=1S/C21H15ClN4O2S/c1-29-21-24-20(27)18-13-7-3-5-9-15(13)23-19(26(18)25-21)17-11-10-16(28-17)12-6-2-4-8-14(12)22/h2-11,19H,1H3,(H,24,25,27)/t19-/m1/s1. The van der Waals surface area contributed by atoms with E-state index in [1.807, 2.05) is 66.9 Å². The predicted octanol–water partition coefficient (Wildman–Crippen LogP) is 3.11. The summed E-state index contributed by atoms with van der Waals surface area (Å²) in [5, 5.41) is 11.6. The highest BCUT2D eigenvalue weighted by Crippen LogP contribution is 2.35. The highest BCUT2D eigenvalue weighted by molar-refractivity contribution is 8.13. The van der Waals surface area contributed by atoms with E-state index in [0.717, 1.165) is 16.1 Å². The average Bonchev–Trinajstić information content (AvgIpc) is 3.22. The third-order valence-electron chi connectivity index (χ3n) is 4.73. The molecule has 0 spiro atoms. The van der Waals surface area contributed by atoms with E-state index in [-0.39, 0.29) is 5.91 Å². The number of para-hydroxylation sites is 1. The first-order chi connectivity index (χ1) is 14.2. The molecule has 0 unspecified atom stereocenters. The number of halogens is 1. The van der Waals surface area contributed by atoms with E-state index >= 15 is 0 Å². The molecule has 0 saturated heterocycles. The van der Waals surface area contributed by atoms with Crippen LogP contribution in [0.4, 0.5) is 0 Å². The highest BCUT2D eigenvalue weighted by atomic mass is 35.5. The Kier molecular flexibility index (Phi) is 4.41. The van der Waals surface area contributed by atoms with Crippen LogP contribution in [0.25, 0.3) is 17.0 Å². The van der Waals surface area contributed by atoms with Gasteiger partial charge in [-0.15, -0.1) is 5.10 Å². The van der Waals surface area contributed by atoms with Crippen molar-refractivity contribution in [1.82, 2.24) is 10.3 Å². The number of fused-ring (bicyclic) bond motifs is 2. The second-order valence-electron chi connectivity index (χ2n) is 6.46. The lowest BCUT2D eigenvalue weighted by molar-refractivity contribution is -0.116. The quantitative estimate of drug-likeness (QED) is 0.689. The first kappa shape index (κ1) is 18.0. The van der Waals surface area contributed by atoms with Crippen LogP contribution in [0.2, 0.25) is 5.02 Å². The van der Waals surface area contributed by atoms with Crippen LogP contribution >= 0.6 is 23.4 Å². The van der Waals surface area contributed by atoms with Gasteiger partial charge in [0, 0.05) is 10.8 Å². The second kappa shape index (κ2) is 7.09. The summed E-state index contributed by atoms with van der Waals surface area (Å²) in [5.41, 5.74) is 1.25. The number of hydrazone groups is 1. The zero-order valence-corrected chi connectivity index (χ0v) is 16.9. The summed E-state index contributed by atoms with van der Waals surface area (Å²) in [4.78, 5) is 17.6. The summed E-state index contributed by atoms with van der Waals surface area (Å²) in [6.07, 6.45) is 1.26. The van der Waals surface area contributed by atoms with E-state index in [9.17, 15) is 4.79 Å². The van der Waals surface area contributed by atoms with Gasteiger partial charge in [0.25, 0.3) is 5.91 Å². The molecule has 2 aliphatic heterocycles. The largest absolute Gasteiger partial charge is 0.457 e. The number of furan rings is 1. The van der Waals surface area contributed by atoms with Crippen molar-refractivity contribution in [2.45, 2.75) is 6.17 Å². The third-order valence-corrected chi connectivity index (χ3v) is 5.63. The first-order valence-corrected chi connectivity index (χ1v) is 10.5. The molecule has 0 aliphatic carbocycles. The number of amides is 1. The molecule has 0 fully saturated rings. The predicted molar refractivity (Wildman–Crippen MR) is 113 cm³/mol. The molecular weight excluding hydrogens is 408 g/mol. The number of amidine groups is 1. The van der Waals surface area contributed by atoms with Gasteiger partial charge in [0.15, 0.2) is 10.9 Å². The molecule has 1 N–H and O–H groups in total. The Morgan fingerprint density at radius 3 is 2.72 bits per heavy atom. The fraction of sp³-hybridized carbons (Fsp3) is 0.0952. The zero-order valence-electron chi connectivity index (χ0n) is 15.3. The number of benzene rings is 2. The van der Waals surface area contributed by atoms with Crippen molar-refractivity contribution in [2.24, 2.45) is 10.1 Å². The Labute approximate surface area is 175 Å². The number of carbonyl (C=O) groups is 1. The van der Waals surface area contributed by atoms with E-state index in [1.54, 1.807) is 5.01 Å². The lowest BCUT2D eigenvalue weighted by Gasteiger charge is -2.32. The van der Waals surface area contributed by atoms with Crippen molar-refractivity contribution >= 4 is 40.1 Å². The fourth-order valence-corrected chi connectivity index (χ4v) is 4.00. The minimum absolute atomic E-state index is 0.213. The van der Waals surface area contributed by atoms with Crippen molar-refractivity contribution < 1.29 is 9.21 Å². The fourth-order valence-electron chi connectivity index (χ4n) is 3.40. The van der Waals surface area contributed by atoms with Crippen molar-refractivity contribution in [2.75, 3.05) is 6.26 Å². The van der Waals surface area contributed by atoms with E-state index in [2.05, 4.69) is 10.4 Å². The molecule has 6 nitrogen and oxygen atoms in total. The molecule has 2 aliphatic rings. The van der Waals surface area contributed by atoms with Crippen molar-refractivity contribution in [3.8, 4) is 11.3 Å². The maximum atomic E-state index is 12.8. The number of hydrogen-bond acceptors (Lipinski definition) is 6. The molecule has 2 aromatic carbocycles. The number of thioether (sulfide) groups is 1. The van der Waals surface area contributed by atoms with Crippen LogP contribution < -0.4 is 15.9 Å². The van der Waals surface area contributed by atoms with Crippen molar-refractivity contribution in [3.63, 3.8) is 0 Å². The van der Waals surface area contributed by atoms with Crippen LogP contribution in [-0.4, -0.2) is 22.3 Å². The summed E-state index contributed by atoms with van der Waals surface area (Å²) in [7, 11) is 0. The number of rotatable bonds is 2. The van der Waals surface area contributed by atoms with Crippen LogP contribution in [0.3, 0.4) is 0 Å². The number of hydrogen-bond donors (Lipinski definition) is 1. The van der Waals surface area contributed by atoms with Gasteiger partial charge >= 0.3 is 0 Å². The molecule has 8 heteroatoms. The Balaban J connectivity index is 1.67. The summed E-state index contributed by atoms with van der Waals surface area (Å²) in [6, 6.07) is 18.7. The van der Waals surface area contributed by atoms with Gasteiger partial charge in [0.05, 0.1) is 10.4 Å². The van der Waals surface area contributed by atoms with Gasteiger partial charge in [-0.2, -0.15) is 0 Å². The maximum absolute atomic E-state index is 12.8. The monoisotopic (exact) mass is 422 g/mol.